The Balaban J connectivity index is 1.83. The lowest BCUT2D eigenvalue weighted by Gasteiger charge is -2.11. The standard InChI is InChI=1S/C21H14ClNO3S/c22-14-6-3-5-13(11-14)19-20(25)16-8-1-2-9-17(16)26-21(19)23-18(24)12-15-7-4-10-27-15/h1-11H,12H2,(H,23,24). The van der Waals surface area contributed by atoms with E-state index in [9.17, 15) is 9.59 Å². The maximum absolute atomic E-state index is 13.1. The zero-order valence-electron chi connectivity index (χ0n) is 14.1. The molecule has 0 fully saturated rings. The van der Waals surface area contributed by atoms with E-state index in [0.717, 1.165) is 4.88 Å². The lowest BCUT2D eigenvalue weighted by Crippen LogP contribution is -2.17. The maximum Gasteiger partial charge on any atom is 0.231 e. The summed E-state index contributed by atoms with van der Waals surface area (Å²) >= 11 is 7.60. The second-order valence-electron chi connectivity index (χ2n) is 5.95. The Morgan fingerprint density at radius 3 is 2.70 bits per heavy atom. The molecule has 4 nitrogen and oxygen atoms in total. The first-order chi connectivity index (χ1) is 13.1. The van der Waals surface area contributed by atoms with Crippen molar-refractivity contribution in [3.63, 3.8) is 0 Å². The minimum absolute atomic E-state index is 0.127. The SMILES string of the molecule is O=C(Cc1cccs1)Nc1oc2ccccc2c(=O)c1-c1cccc(Cl)c1. The molecule has 0 spiro atoms. The largest absolute Gasteiger partial charge is 0.439 e. The van der Waals surface area contributed by atoms with Gasteiger partial charge in [0.2, 0.25) is 17.2 Å². The zero-order valence-corrected chi connectivity index (χ0v) is 15.6. The Hall–Kier alpha value is -2.89. The molecule has 6 heteroatoms. The third-order valence-corrected chi connectivity index (χ3v) is 5.19. The Bertz CT molecular complexity index is 1180. The minimum atomic E-state index is -0.251. The summed E-state index contributed by atoms with van der Waals surface area (Å²) in [6.07, 6.45) is 0.211. The van der Waals surface area contributed by atoms with E-state index in [2.05, 4.69) is 5.32 Å². The zero-order chi connectivity index (χ0) is 18.8. The van der Waals surface area contributed by atoms with Crippen molar-refractivity contribution in [2.75, 3.05) is 5.32 Å². The average molecular weight is 396 g/mol. The van der Waals surface area contributed by atoms with Crippen LogP contribution in [0.3, 0.4) is 0 Å². The van der Waals surface area contributed by atoms with Gasteiger partial charge in [0.15, 0.2) is 0 Å². The van der Waals surface area contributed by atoms with Gasteiger partial charge >= 0.3 is 0 Å². The van der Waals surface area contributed by atoms with Crippen LogP contribution < -0.4 is 10.7 Å². The molecule has 0 aliphatic heterocycles. The first kappa shape index (κ1) is 17.5. The molecule has 1 N–H and O–H groups in total. The molecule has 1 amide bonds. The fourth-order valence-corrected chi connectivity index (χ4v) is 3.77. The lowest BCUT2D eigenvalue weighted by molar-refractivity contribution is -0.115. The molecule has 2 heterocycles. The summed E-state index contributed by atoms with van der Waals surface area (Å²) in [6.45, 7) is 0. The Morgan fingerprint density at radius 1 is 1.07 bits per heavy atom. The van der Waals surface area contributed by atoms with Gasteiger partial charge in [0, 0.05) is 9.90 Å². The van der Waals surface area contributed by atoms with Gasteiger partial charge < -0.3 is 4.42 Å². The number of para-hydroxylation sites is 1. The van der Waals surface area contributed by atoms with Crippen LogP contribution in [-0.2, 0) is 11.2 Å². The van der Waals surface area contributed by atoms with E-state index in [4.69, 9.17) is 16.0 Å². The average Bonchev–Trinajstić information content (AvgIpc) is 3.15. The van der Waals surface area contributed by atoms with Crippen LogP contribution in [0.25, 0.3) is 22.1 Å². The van der Waals surface area contributed by atoms with Crippen molar-refractivity contribution < 1.29 is 9.21 Å². The van der Waals surface area contributed by atoms with Crippen LogP contribution in [0, 0.1) is 0 Å². The van der Waals surface area contributed by atoms with E-state index in [1.54, 1.807) is 48.5 Å². The number of benzene rings is 2. The van der Waals surface area contributed by atoms with Gasteiger partial charge in [-0.3, -0.25) is 14.9 Å². The van der Waals surface area contributed by atoms with Gasteiger partial charge in [-0.2, -0.15) is 0 Å². The Kier molecular flexibility index (Phi) is 4.79. The van der Waals surface area contributed by atoms with Crippen molar-refractivity contribution in [1.82, 2.24) is 0 Å². The first-order valence-electron chi connectivity index (χ1n) is 8.26. The highest BCUT2D eigenvalue weighted by molar-refractivity contribution is 7.10. The molecule has 0 aliphatic rings. The monoisotopic (exact) mass is 395 g/mol. The molecule has 0 bridgehead atoms. The summed E-state index contributed by atoms with van der Waals surface area (Å²) in [5.41, 5.74) is 1.08. The molecule has 0 atom stereocenters. The maximum atomic E-state index is 13.1. The topological polar surface area (TPSA) is 59.3 Å². The summed E-state index contributed by atoms with van der Waals surface area (Å²) in [6, 6.07) is 17.7. The number of carbonyl (C=O) groups excluding carboxylic acids is 1. The van der Waals surface area contributed by atoms with Gasteiger partial charge in [-0.1, -0.05) is 41.9 Å². The quantitative estimate of drug-likeness (QED) is 0.506. The van der Waals surface area contributed by atoms with Crippen LogP contribution in [0.4, 0.5) is 5.88 Å². The van der Waals surface area contributed by atoms with Crippen molar-refractivity contribution in [1.29, 1.82) is 0 Å². The third-order valence-electron chi connectivity index (χ3n) is 4.08. The van der Waals surface area contributed by atoms with Crippen LogP contribution in [0.5, 0.6) is 0 Å². The summed E-state index contributed by atoms with van der Waals surface area (Å²) in [7, 11) is 0. The highest BCUT2D eigenvalue weighted by Gasteiger charge is 2.18. The molecule has 2 aromatic carbocycles. The number of hydrogen-bond donors (Lipinski definition) is 1. The lowest BCUT2D eigenvalue weighted by atomic mass is 10.0. The van der Waals surface area contributed by atoms with E-state index >= 15 is 0 Å². The summed E-state index contributed by atoms with van der Waals surface area (Å²) in [4.78, 5) is 26.5. The highest BCUT2D eigenvalue weighted by Crippen LogP contribution is 2.30. The molecule has 0 unspecified atom stereocenters. The van der Waals surface area contributed by atoms with E-state index < -0.39 is 0 Å². The summed E-state index contributed by atoms with van der Waals surface area (Å²) in [5.74, 6) is -0.123. The van der Waals surface area contributed by atoms with E-state index in [-0.39, 0.29) is 29.2 Å². The van der Waals surface area contributed by atoms with Crippen LogP contribution in [0.1, 0.15) is 4.88 Å². The molecule has 0 radical (unpaired) electrons. The molecule has 0 saturated heterocycles. The Morgan fingerprint density at radius 2 is 1.93 bits per heavy atom. The van der Waals surface area contributed by atoms with Crippen LogP contribution in [0.15, 0.2) is 75.3 Å². The molecular formula is C21H14ClNO3S. The number of thiophene rings is 1. The number of anilines is 1. The fraction of sp³-hybridized carbons (Fsp3) is 0.0476. The van der Waals surface area contributed by atoms with E-state index in [1.807, 2.05) is 17.5 Å². The van der Waals surface area contributed by atoms with Crippen molar-refractivity contribution in [2.24, 2.45) is 0 Å². The smallest absolute Gasteiger partial charge is 0.231 e. The molecule has 0 aliphatic carbocycles. The van der Waals surface area contributed by atoms with E-state index in [0.29, 0.717) is 21.6 Å². The summed E-state index contributed by atoms with van der Waals surface area (Å²) in [5, 5.41) is 5.61. The normalized spacial score (nSPS) is 10.9. The van der Waals surface area contributed by atoms with Gasteiger partial charge in [0.25, 0.3) is 0 Å². The second kappa shape index (κ2) is 7.39. The van der Waals surface area contributed by atoms with Gasteiger partial charge in [-0.05, 0) is 41.3 Å². The number of amides is 1. The van der Waals surface area contributed by atoms with Crippen LogP contribution in [0.2, 0.25) is 5.02 Å². The van der Waals surface area contributed by atoms with Gasteiger partial charge in [0.1, 0.15) is 5.58 Å². The second-order valence-corrected chi connectivity index (χ2v) is 7.41. The highest BCUT2D eigenvalue weighted by atomic mass is 35.5. The third kappa shape index (κ3) is 3.65. The number of nitrogens with one attached hydrogen (secondary N) is 1. The number of rotatable bonds is 4. The number of halogens is 1. The predicted octanol–water partition coefficient (Wildman–Crippen LogP) is 5.36. The molecular weight excluding hydrogens is 382 g/mol. The van der Waals surface area contributed by atoms with Crippen LogP contribution in [-0.4, -0.2) is 5.91 Å². The van der Waals surface area contributed by atoms with Crippen molar-refractivity contribution in [3.8, 4) is 11.1 Å². The first-order valence-corrected chi connectivity index (χ1v) is 9.51. The number of hydrogen-bond acceptors (Lipinski definition) is 4. The Labute approximate surface area is 164 Å². The van der Waals surface area contributed by atoms with Gasteiger partial charge in [-0.15, -0.1) is 11.3 Å². The van der Waals surface area contributed by atoms with E-state index in [1.165, 1.54) is 11.3 Å². The molecule has 4 rings (SSSR count). The molecule has 2 aromatic heterocycles. The predicted molar refractivity (Wildman–Crippen MR) is 110 cm³/mol. The number of fused-ring (bicyclic) bond motifs is 1. The van der Waals surface area contributed by atoms with Crippen LogP contribution >= 0.6 is 22.9 Å². The summed E-state index contributed by atoms with van der Waals surface area (Å²) < 4.78 is 5.89. The molecule has 0 saturated carbocycles. The van der Waals surface area contributed by atoms with Crippen molar-refractivity contribution >= 4 is 45.7 Å². The van der Waals surface area contributed by atoms with Gasteiger partial charge in [0.05, 0.1) is 17.4 Å². The molecule has 134 valence electrons. The molecule has 4 aromatic rings. The van der Waals surface area contributed by atoms with Gasteiger partial charge in [-0.25, -0.2) is 0 Å². The minimum Gasteiger partial charge on any atom is -0.439 e. The van der Waals surface area contributed by atoms with Crippen molar-refractivity contribution in [3.05, 3.63) is 86.2 Å². The molecule has 27 heavy (non-hydrogen) atoms. The van der Waals surface area contributed by atoms with Crippen molar-refractivity contribution in [2.45, 2.75) is 6.42 Å². The fourth-order valence-electron chi connectivity index (χ4n) is 2.88. The number of carbonyl (C=O) groups is 1.